The van der Waals surface area contributed by atoms with Crippen LogP contribution in [-0.2, 0) is 0 Å². The minimum absolute atomic E-state index is 0.538. The lowest BCUT2D eigenvalue weighted by atomic mass is 9.69. The quantitative estimate of drug-likeness (QED) is 0.841. The molecule has 1 saturated heterocycles. The molecule has 1 aliphatic heterocycles. The lowest BCUT2D eigenvalue weighted by Crippen LogP contribution is -2.53. The molecule has 1 saturated carbocycles. The average molecular weight is 296 g/mol. The zero-order valence-electron chi connectivity index (χ0n) is 15.0. The van der Waals surface area contributed by atoms with Gasteiger partial charge in [0.1, 0.15) is 0 Å². The maximum Gasteiger partial charge on any atom is 0.0113 e. The first kappa shape index (κ1) is 17.2. The maximum absolute atomic E-state index is 3.75. The lowest BCUT2D eigenvalue weighted by molar-refractivity contribution is 0.0614. The molecule has 2 aliphatic rings. The molecule has 0 aromatic carbocycles. The number of rotatable bonds is 5. The van der Waals surface area contributed by atoms with Crippen LogP contribution in [0.3, 0.4) is 0 Å². The van der Waals surface area contributed by atoms with Gasteiger partial charge in [-0.05, 0) is 51.0 Å². The molecule has 1 aliphatic carbocycles. The number of nitrogens with zero attached hydrogens (tertiary/aromatic N) is 2. The second-order valence-corrected chi connectivity index (χ2v) is 8.26. The molecule has 21 heavy (non-hydrogen) atoms. The van der Waals surface area contributed by atoms with Crippen LogP contribution in [0.1, 0.15) is 53.9 Å². The zero-order valence-corrected chi connectivity index (χ0v) is 15.0. The molecule has 1 N–H and O–H groups in total. The van der Waals surface area contributed by atoms with Crippen molar-refractivity contribution in [1.29, 1.82) is 0 Å². The van der Waals surface area contributed by atoms with Crippen LogP contribution in [0.25, 0.3) is 0 Å². The zero-order chi connectivity index (χ0) is 15.5. The molecule has 2 unspecified atom stereocenters. The van der Waals surface area contributed by atoms with Crippen molar-refractivity contribution >= 4 is 0 Å². The first-order valence-electron chi connectivity index (χ1n) is 9.11. The fourth-order valence-corrected chi connectivity index (χ4v) is 4.25. The highest BCUT2D eigenvalue weighted by atomic mass is 15.3. The van der Waals surface area contributed by atoms with Gasteiger partial charge < -0.3 is 10.2 Å². The van der Waals surface area contributed by atoms with E-state index < -0.39 is 0 Å². The normalized spacial score (nSPS) is 31.7. The Balaban J connectivity index is 1.87. The summed E-state index contributed by atoms with van der Waals surface area (Å²) in [6.07, 6.45) is 4.12. The minimum Gasteiger partial charge on any atom is -0.314 e. The summed E-state index contributed by atoms with van der Waals surface area (Å²) in [6.45, 7) is 19.2. The summed E-state index contributed by atoms with van der Waals surface area (Å²) < 4.78 is 0. The molecular formula is C18H37N3. The highest BCUT2D eigenvalue weighted by Crippen LogP contribution is 2.39. The van der Waals surface area contributed by atoms with Crippen molar-refractivity contribution in [1.82, 2.24) is 15.1 Å². The summed E-state index contributed by atoms with van der Waals surface area (Å²) in [5, 5.41) is 3.75. The van der Waals surface area contributed by atoms with Crippen molar-refractivity contribution in [3.05, 3.63) is 0 Å². The van der Waals surface area contributed by atoms with Gasteiger partial charge in [0.05, 0.1) is 0 Å². The summed E-state index contributed by atoms with van der Waals surface area (Å²) in [4.78, 5) is 5.33. The lowest BCUT2D eigenvalue weighted by Gasteiger charge is -2.45. The molecule has 3 nitrogen and oxygen atoms in total. The van der Waals surface area contributed by atoms with Crippen molar-refractivity contribution in [2.24, 2.45) is 11.3 Å². The molecule has 2 fully saturated rings. The Labute approximate surface area is 132 Å². The Kier molecular flexibility index (Phi) is 6.10. The van der Waals surface area contributed by atoms with Crippen LogP contribution < -0.4 is 5.32 Å². The van der Waals surface area contributed by atoms with Crippen LogP contribution >= 0.6 is 0 Å². The predicted octanol–water partition coefficient (Wildman–Crippen LogP) is 2.82. The summed E-state index contributed by atoms with van der Waals surface area (Å²) >= 11 is 0. The number of hydrogen-bond acceptors (Lipinski definition) is 3. The SMILES string of the molecule is CCNC1CCC(C)(C)CC1CN1CCN(C(C)C)CC1. The van der Waals surface area contributed by atoms with Crippen molar-refractivity contribution in [3.8, 4) is 0 Å². The summed E-state index contributed by atoms with van der Waals surface area (Å²) in [7, 11) is 0. The minimum atomic E-state index is 0.538. The molecule has 0 radical (unpaired) electrons. The molecule has 0 aromatic rings. The molecule has 124 valence electrons. The van der Waals surface area contributed by atoms with E-state index in [0.29, 0.717) is 11.5 Å². The Morgan fingerprint density at radius 1 is 1.14 bits per heavy atom. The van der Waals surface area contributed by atoms with Crippen LogP contribution in [0.15, 0.2) is 0 Å². The third-order valence-electron chi connectivity index (χ3n) is 5.61. The average Bonchev–Trinajstić information content (AvgIpc) is 2.42. The topological polar surface area (TPSA) is 18.5 Å². The van der Waals surface area contributed by atoms with Gasteiger partial charge in [0.15, 0.2) is 0 Å². The van der Waals surface area contributed by atoms with E-state index in [0.717, 1.165) is 18.5 Å². The summed E-state index contributed by atoms with van der Waals surface area (Å²) in [5.41, 5.74) is 0.538. The third-order valence-corrected chi connectivity index (χ3v) is 5.61. The van der Waals surface area contributed by atoms with Crippen molar-refractivity contribution in [3.63, 3.8) is 0 Å². The van der Waals surface area contributed by atoms with Gasteiger partial charge in [0.2, 0.25) is 0 Å². The maximum atomic E-state index is 3.75. The molecule has 0 bridgehead atoms. The highest BCUT2D eigenvalue weighted by molar-refractivity contribution is 4.91. The van der Waals surface area contributed by atoms with E-state index in [9.17, 15) is 0 Å². The van der Waals surface area contributed by atoms with Crippen LogP contribution in [0.4, 0.5) is 0 Å². The van der Waals surface area contributed by atoms with E-state index >= 15 is 0 Å². The van der Waals surface area contributed by atoms with Gasteiger partial charge in [-0.3, -0.25) is 4.90 Å². The van der Waals surface area contributed by atoms with E-state index in [4.69, 9.17) is 0 Å². The molecule has 2 atom stereocenters. The van der Waals surface area contributed by atoms with Crippen molar-refractivity contribution in [2.45, 2.75) is 66.0 Å². The molecule has 0 aromatic heterocycles. The van der Waals surface area contributed by atoms with Gasteiger partial charge in [0, 0.05) is 44.8 Å². The number of nitrogens with one attached hydrogen (secondary N) is 1. The van der Waals surface area contributed by atoms with E-state index in [-0.39, 0.29) is 0 Å². The molecular weight excluding hydrogens is 258 g/mol. The van der Waals surface area contributed by atoms with Gasteiger partial charge in [-0.1, -0.05) is 20.8 Å². The van der Waals surface area contributed by atoms with Crippen LogP contribution in [0.2, 0.25) is 0 Å². The van der Waals surface area contributed by atoms with Crippen LogP contribution in [0, 0.1) is 11.3 Å². The van der Waals surface area contributed by atoms with E-state index in [1.54, 1.807) is 0 Å². The molecule has 1 heterocycles. The molecule has 0 spiro atoms. The Hall–Kier alpha value is -0.120. The fraction of sp³-hybridized carbons (Fsp3) is 1.00. The van der Waals surface area contributed by atoms with Gasteiger partial charge in [-0.25, -0.2) is 0 Å². The highest BCUT2D eigenvalue weighted by Gasteiger charge is 2.35. The standard InChI is InChI=1S/C18H37N3/c1-6-19-17-7-8-18(4,5)13-16(17)14-20-9-11-21(12-10-20)15(2)3/h15-17,19H,6-14H2,1-5H3. The van der Waals surface area contributed by atoms with Gasteiger partial charge in [0.25, 0.3) is 0 Å². The van der Waals surface area contributed by atoms with Crippen molar-refractivity contribution < 1.29 is 0 Å². The van der Waals surface area contributed by atoms with E-state index in [2.05, 4.69) is 49.7 Å². The van der Waals surface area contributed by atoms with Gasteiger partial charge >= 0.3 is 0 Å². The van der Waals surface area contributed by atoms with Gasteiger partial charge in [-0.2, -0.15) is 0 Å². The predicted molar refractivity (Wildman–Crippen MR) is 91.7 cm³/mol. The number of piperazine rings is 1. The molecule has 3 heteroatoms. The van der Waals surface area contributed by atoms with Crippen LogP contribution in [0.5, 0.6) is 0 Å². The second kappa shape index (κ2) is 7.43. The molecule has 2 rings (SSSR count). The first-order valence-corrected chi connectivity index (χ1v) is 9.11. The fourth-order valence-electron chi connectivity index (χ4n) is 4.25. The Morgan fingerprint density at radius 2 is 1.81 bits per heavy atom. The Bertz CT molecular complexity index is 306. The molecule has 0 amide bonds. The van der Waals surface area contributed by atoms with Gasteiger partial charge in [-0.15, -0.1) is 0 Å². The van der Waals surface area contributed by atoms with Crippen LogP contribution in [-0.4, -0.2) is 61.2 Å². The van der Waals surface area contributed by atoms with E-state index in [1.807, 2.05) is 0 Å². The second-order valence-electron chi connectivity index (χ2n) is 8.26. The summed E-state index contributed by atoms with van der Waals surface area (Å²) in [6, 6.07) is 1.45. The van der Waals surface area contributed by atoms with E-state index in [1.165, 1.54) is 52.0 Å². The smallest absolute Gasteiger partial charge is 0.0113 e. The first-order chi connectivity index (χ1) is 9.91. The third kappa shape index (κ3) is 4.94. The summed E-state index contributed by atoms with van der Waals surface area (Å²) in [5.74, 6) is 0.833. The largest absolute Gasteiger partial charge is 0.314 e. The Morgan fingerprint density at radius 3 is 2.38 bits per heavy atom. The monoisotopic (exact) mass is 295 g/mol. The van der Waals surface area contributed by atoms with Crippen molar-refractivity contribution in [2.75, 3.05) is 39.3 Å². The number of hydrogen-bond donors (Lipinski definition) is 1.